The number of nitrogens with one attached hydrogen (secondary N) is 1. The Morgan fingerprint density at radius 1 is 1.32 bits per heavy atom. The van der Waals surface area contributed by atoms with Crippen molar-refractivity contribution in [2.75, 3.05) is 13.1 Å². The van der Waals surface area contributed by atoms with Crippen LogP contribution in [0.15, 0.2) is 18.2 Å². The summed E-state index contributed by atoms with van der Waals surface area (Å²) < 4.78 is 37.7. The van der Waals surface area contributed by atoms with Crippen LogP contribution in [0.1, 0.15) is 28.4 Å². The predicted octanol–water partition coefficient (Wildman–Crippen LogP) is 3.05. The number of ketones is 1. The minimum atomic E-state index is -4.37. The Labute approximate surface area is 110 Å². The maximum atomic E-state index is 12.6. The molecule has 1 saturated heterocycles. The van der Waals surface area contributed by atoms with Crippen LogP contribution in [0.5, 0.6) is 0 Å². The van der Waals surface area contributed by atoms with Crippen molar-refractivity contribution >= 4 is 5.78 Å². The highest BCUT2D eigenvalue weighted by atomic mass is 19.4. The van der Waals surface area contributed by atoms with Crippen LogP contribution in [0.2, 0.25) is 0 Å². The third kappa shape index (κ3) is 2.81. The van der Waals surface area contributed by atoms with Gasteiger partial charge in [-0.3, -0.25) is 4.79 Å². The van der Waals surface area contributed by atoms with Gasteiger partial charge in [-0.25, -0.2) is 0 Å². The average Bonchev–Trinajstić information content (AvgIpc) is 2.73. The Balaban J connectivity index is 2.29. The van der Waals surface area contributed by atoms with Crippen molar-refractivity contribution in [3.63, 3.8) is 0 Å². The van der Waals surface area contributed by atoms with E-state index in [0.29, 0.717) is 17.7 Å². The molecule has 1 aromatic carbocycles. The van der Waals surface area contributed by atoms with Crippen molar-refractivity contribution in [3.05, 3.63) is 34.9 Å². The van der Waals surface area contributed by atoms with Gasteiger partial charge in [-0.05, 0) is 37.1 Å². The Morgan fingerprint density at radius 3 is 2.47 bits per heavy atom. The van der Waals surface area contributed by atoms with Gasteiger partial charge in [0.25, 0.3) is 0 Å². The maximum absolute atomic E-state index is 12.6. The third-order valence-electron chi connectivity index (χ3n) is 3.67. The van der Waals surface area contributed by atoms with E-state index >= 15 is 0 Å². The van der Waals surface area contributed by atoms with Gasteiger partial charge in [0.1, 0.15) is 0 Å². The smallest absolute Gasteiger partial charge is 0.316 e. The summed E-state index contributed by atoms with van der Waals surface area (Å²) in [5.74, 6) is 0.00774. The van der Waals surface area contributed by atoms with Gasteiger partial charge in [0.05, 0.1) is 5.56 Å². The molecule has 1 aromatic rings. The van der Waals surface area contributed by atoms with Crippen LogP contribution in [0.25, 0.3) is 0 Å². The number of hydrogen-bond donors (Lipinski definition) is 1. The zero-order chi connectivity index (χ0) is 14.2. The number of carbonyl (C=O) groups is 1. The van der Waals surface area contributed by atoms with Gasteiger partial charge in [-0.1, -0.05) is 13.0 Å². The van der Waals surface area contributed by atoms with Crippen molar-refractivity contribution in [1.82, 2.24) is 5.32 Å². The number of aryl methyl sites for hydroxylation is 1. The van der Waals surface area contributed by atoms with Gasteiger partial charge in [0.2, 0.25) is 0 Å². The van der Waals surface area contributed by atoms with E-state index in [1.165, 1.54) is 6.07 Å². The first-order chi connectivity index (χ1) is 8.80. The number of rotatable bonds is 2. The highest BCUT2D eigenvalue weighted by Crippen LogP contribution is 2.31. The van der Waals surface area contributed by atoms with Crippen molar-refractivity contribution in [2.45, 2.75) is 20.0 Å². The lowest BCUT2D eigenvalue weighted by molar-refractivity contribution is -0.137. The molecule has 0 amide bonds. The first-order valence-corrected chi connectivity index (χ1v) is 6.23. The van der Waals surface area contributed by atoms with E-state index in [2.05, 4.69) is 5.32 Å². The average molecular weight is 271 g/mol. The molecular weight excluding hydrogens is 255 g/mol. The second-order valence-electron chi connectivity index (χ2n) is 5.13. The summed E-state index contributed by atoms with van der Waals surface area (Å²) in [6.45, 7) is 4.90. The summed E-state index contributed by atoms with van der Waals surface area (Å²) in [6.07, 6.45) is -4.37. The van der Waals surface area contributed by atoms with Crippen LogP contribution in [-0.4, -0.2) is 18.9 Å². The van der Waals surface area contributed by atoms with Gasteiger partial charge in [0, 0.05) is 18.0 Å². The Hall–Kier alpha value is -1.36. The first-order valence-electron chi connectivity index (χ1n) is 6.23. The minimum Gasteiger partial charge on any atom is -0.316 e. The molecular formula is C14H16F3NO. The van der Waals surface area contributed by atoms with Gasteiger partial charge in [0.15, 0.2) is 5.78 Å². The number of alkyl halides is 3. The molecule has 104 valence electrons. The molecule has 1 fully saturated rings. The lowest BCUT2D eigenvalue weighted by Crippen LogP contribution is -2.22. The van der Waals surface area contributed by atoms with Crippen LogP contribution in [-0.2, 0) is 6.18 Å². The highest BCUT2D eigenvalue weighted by Gasteiger charge is 2.33. The molecule has 1 heterocycles. The summed E-state index contributed by atoms with van der Waals surface area (Å²) in [5, 5.41) is 3.13. The van der Waals surface area contributed by atoms with E-state index in [-0.39, 0.29) is 17.6 Å². The summed E-state index contributed by atoms with van der Waals surface area (Å²) in [7, 11) is 0. The van der Waals surface area contributed by atoms with E-state index in [1.807, 2.05) is 6.92 Å². The fraction of sp³-hybridized carbons (Fsp3) is 0.500. The van der Waals surface area contributed by atoms with E-state index in [4.69, 9.17) is 0 Å². The van der Waals surface area contributed by atoms with Crippen molar-refractivity contribution < 1.29 is 18.0 Å². The van der Waals surface area contributed by atoms with E-state index in [0.717, 1.165) is 18.7 Å². The van der Waals surface area contributed by atoms with Gasteiger partial charge in [-0.15, -0.1) is 0 Å². The first kappa shape index (κ1) is 14.1. The van der Waals surface area contributed by atoms with Crippen molar-refractivity contribution in [2.24, 2.45) is 11.8 Å². The second kappa shape index (κ2) is 4.96. The normalized spacial score (nSPS) is 23.6. The lowest BCUT2D eigenvalue weighted by atomic mass is 9.87. The molecule has 0 saturated carbocycles. The topological polar surface area (TPSA) is 29.1 Å². The summed E-state index contributed by atoms with van der Waals surface area (Å²) in [6, 6.07) is 3.32. The van der Waals surface area contributed by atoms with E-state index in [9.17, 15) is 18.0 Å². The fourth-order valence-corrected chi connectivity index (χ4v) is 2.48. The van der Waals surface area contributed by atoms with Crippen molar-refractivity contribution in [3.8, 4) is 0 Å². The molecule has 19 heavy (non-hydrogen) atoms. The van der Waals surface area contributed by atoms with Crippen LogP contribution >= 0.6 is 0 Å². The van der Waals surface area contributed by atoms with Crippen LogP contribution in [0, 0.1) is 18.8 Å². The Morgan fingerprint density at radius 2 is 2.00 bits per heavy atom. The number of halogens is 3. The third-order valence-corrected chi connectivity index (χ3v) is 3.67. The Kier molecular flexibility index (Phi) is 3.67. The molecule has 0 spiro atoms. The van der Waals surface area contributed by atoms with E-state index < -0.39 is 11.7 Å². The van der Waals surface area contributed by atoms with Gasteiger partial charge in [-0.2, -0.15) is 13.2 Å². The maximum Gasteiger partial charge on any atom is 0.416 e. The fourth-order valence-electron chi connectivity index (χ4n) is 2.48. The number of benzene rings is 1. The Bertz CT molecular complexity index is 496. The largest absolute Gasteiger partial charge is 0.416 e. The highest BCUT2D eigenvalue weighted by molar-refractivity contribution is 5.99. The summed E-state index contributed by atoms with van der Waals surface area (Å²) >= 11 is 0. The second-order valence-corrected chi connectivity index (χ2v) is 5.13. The molecule has 0 aliphatic carbocycles. The quantitative estimate of drug-likeness (QED) is 0.838. The van der Waals surface area contributed by atoms with Gasteiger partial charge < -0.3 is 5.32 Å². The molecule has 1 N–H and O–H groups in total. The monoisotopic (exact) mass is 271 g/mol. The molecule has 0 radical (unpaired) electrons. The molecule has 2 unspecified atom stereocenters. The number of carbonyl (C=O) groups excluding carboxylic acids is 1. The summed E-state index contributed by atoms with van der Waals surface area (Å²) in [5.41, 5.74) is 0.0756. The van der Waals surface area contributed by atoms with E-state index in [1.54, 1.807) is 6.92 Å². The number of hydrogen-bond acceptors (Lipinski definition) is 2. The molecule has 2 nitrogen and oxygen atoms in total. The lowest BCUT2D eigenvalue weighted by Gasteiger charge is -2.15. The van der Waals surface area contributed by atoms with Crippen LogP contribution in [0.3, 0.4) is 0 Å². The predicted molar refractivity (Wildman–Crippen MR) is 66.0 cm³/mol. The van der Waals surface area contributed by atoms with Crippen molar-refractivity contribution in [1.29, 1.82) is 0 Å². The zero-order valence-corrected chi connectivity index (χ0v) is 10.8. The molecule has 5 heteroatoms. The molecule has 2 rings (SSSR count). The van der Waals surface area contributed by atoms with Gasteiger partial charge >= 0.3 is 6.18 Å². The number of Topliss-reactive ketones (excluding diaryl/α,β-unsaturated/α-hetero) is 1. The molecule has 0 bridgehead atoms. The molecule has 1 aliphatic heterocycles. The molecule has 1 aliphatic rings. The molecule has 2 atom stereocenters. The zero-order valence-electron chi connectivity index (χ0n) is 10.8. The SMILES string of the molecule is Cc1cc(C(F)(F)F)ccc1C(=O)C1CNCC1C. The molecule has 0 aromatic heterocycles. The van der Waals surface area contributed by atoms with Crippen LogP contribution < -0.4 is 5.32 Å². The standard InChI is InChI=1S/C14H16F3NO/c1-8-5-10(14(15,16)17)3-4-11(8)13(19)12-7-18-6-9(12)2/h3-5,9,12,18H,6-7H2,1-2H3. The minimum absolute atomic E-state index is 0.0660. The summed E-state index contributed by atoms with van der Waals surface area (Å²) in [4.78, 5) is 12.3. The van der Waals surface area contributed by atoms with Crippen LogP contribution in [0.4, 0.5) is 13.2 Å².